The van der Waals surface area contributed by atoms with Gasteiger partial charge in [0.2, 0.25) is 0 Å². The molecule has 1 aromatic carbocycles. The highest BCUT2D eigenvalue weighted by molar-refractivity contribution is 14.1. The van der Waals surface area contributed by atoms with E-state index >= 15 is 0 Å². The van der Waals surface area contributed by atoms with Gasteiger partial charge in [0.05, 0.1) is 12.3 Å². The van der Waals surface area contributed by atoms with Crippen LogP contribution in [0, 0.1) is 17.4 Å². The van der Waals surface area contributed by atoms with Crippen molar-refractivity contribution in [1.82, 2.24) is 9.97 Å². The topological polar surface area (TPSA) is 55.0 Å². The first-order chi connectivity index (χ1) is 9.04. The van der Waals surface area contributed by atoms with E-state index in [4.69, 9.17) is 4.74 Å². The predicted octanol–water partition coefficient (Wildman–Crippen LogP) is 2.80. The molecule has 0 bridgehead atoms. The minimum atomic E-state index is -0.126. The molecule has 0 spiro atoms. The predicted molar refractivity (Wildman–Crippen MR) is 83.2 cm³/mol. The molecule has 1 aromatic heterocycles. The summed E-state index contributed by atoms with van der Waals surface area (Å²) in [6, 6.07) is 5.97. The van der Waals surface area contributed by atoms with Gasteiger partial charge in [-0.2, -0.15) is 0 Å². The first-order valence-corrected chi connectivity index (χ1v) is 6.96. The van der Waals surface area contributed by atoms with Gasteiger partial charge in [0.15, 0.2) is 0 Å². The average molecular weight is 370 g/mol. The number of ether oxygens (including phenoxy) is 1. The molecule has 1 heterocycles. The zero-order valence-electron chi connectivity index (χ0n) is 11.1. The molecular weight excluding hydrogens is 355 g/mol. The average Bonchev–Trinajstić information content (AvgIpc) is 2.38. The first-order valence-electron chi connectivity index (χ1n) is 5.88. The second-order valence-electron chi connectivity index (χ2n) is 4.36. The highest BCUT2D eigenvalue weighted by Gasteiger charge is 2.12. The zero-order valence-corrected chi connectivity index (χ0v) is 13.2. The Balaban J connectivity index is 2.63. The Morgan fingerprint density at radius 3 is 2.79 bits per heavy atom. The molecule has 5 heteroatoms. The van der Waals surface area contributed by atoms with E-state index in [1.807, 2.05) is 54.6 Å². The third kappa shape index (κ3) is 2.87. The largest absolute Gasteiger partial charge is 0.378 e. The van der Waals surface area contributed by atoms with Gasteiger partial charge in [0.1, 0.15) is 9.39 Å². The molecular formula is C14H15IN2O2. The van der Waals surface area contributed by atoms with Gasteiger partial charge in [-0.25, -0.2) is 4.98 Å². The van der Waals surface area contributed by atoms with Gasteiger partial charge in [-0.15, -0.1) is 0 Å². The number of hydrogen-bond acceptors (Lipinski definition) is 3. The van der Waals surface area contributed by atoms with E-state index in [1.54, 1.807) is 7.11 Å². The Kier molecular flexibility index (Phi) is 4.36. The number of hydrogen-bond donors (Lipinski definition) is 1. The van der Waals surface area contributed by atoms with Crippen molar-refractivity contribution in [3.05, 3.63) is 48.9 Å². The minimum Gasteiger partial charge on any atom is -0.378 e. The monoisotopic (exact) mass is 370 g/mol. The van der Waals surface area contributed by atoms with E-state index in [2.05, 4.69) is 9.97 Å². The van der Waals surface area contributed by atoms with Crippen LogP contribution in [0.1, 0.15) is 16.8 Å². The lowest BCUT2D eigenvalue weighted by atomic mass is 10.0. The van der Waals surface area contributed by atoms with E-state index in [-0.39, 0.29) is 5.56 Å². The molecule has 0 atom stereocenters. The van der Waals surface area contributed by atoms with Crippen LogP contribution in [-0.2, 0) is 11.3 Å². The fourth-order valence-electron chi connectivity index (χ4n) is 1.87. The first kappa shape index (κ1) is 14.2. The van der Waals surface area contributed by atoms with Gasteiger partial charge < -0.3 is 9.72 Å². The molecule has 100 valence electrons. The van der Waals surface area contributed by atoms with Crippen molar-refractivity contribution in [3.63, 3.8) is 0 Å². The highest BCUT2D eigenvalue weighted by Crippen LogP contribution is 2.22. The molecule has 19 heavy (non-hydrogen) atoms. The maximum Gasteiger partial charge on any atom is 0.264 e. The normalized spacial score (nSPS) is 10.7. The van der Waals surface area contributed by atoms with E-state index < -0.39 is 0 Å². The number of benzene rings is 1. The molecule has 0 aliphatic rings. The summed E-state index contributed by atoms with van der Waals surface area (Å²) in [5.41, 5.74) is 3.79. The van der Waals surface area contributed by atoms with E-state index in [0.717, 1.165) is 11.1 Å². The van der Waals surface area contributed by atoms with Crippen LogP contribution in [0.2, 0.25) is 0 Å². The Morgan fingerprint density at radius 2 is 2.11 bits per heavy atom. The summed E-state index contributed by atoms with van der Waals surface area (Å²) in [7, 11) is 1.59. The van der Waals surface area contributed by atoms with Crippen LogP contribution in [0.4, 0.5) is 0 Å². The van der Waals surface area contributed by atoms with E-state index in [1.165, 1.54) is 5.56 Å². The molecule has 0 amide bonds. The zero-order chi connectivity index (χ0) is 14.0. The molecule has 0 saturated carbocycles. The van der Waals surface area contributed by atoms with Gasteiger partial charge in [-0.1, -0.05) is 18.2 Å². The van der Waals surface area contributed by atoms with Crippen LogP contribution >= 0.6 is 22.6 Å². The summed E-state index contributed by atoms with van der Waals surface area (Å²) < 4.78 is 5.67. The number of nitrogens with one attached hydrogen (secondary N) is 1. The minimum absolute atomic E-state index is 0.126. The summed E-state index contributed by atoms with van der Waals surface area (Å²) in [5, 5.41) is 0. The molecule has 0 aliphatic carbocycles. The maximum atomic E-state index is 11.9. The lowest BCUT2D eigenvalue weighted by Gasteiger charge is -2.10. The van der Waals surface area contributed by atoms with Crippen molar-refractivity contribution < 1.29 is 4.74 Å². The maximum absolute atomic E-state index is 11.9. The molecule has 0 saturated heterocycles. The molecule has 1 N–H and O–H groups in total. The van der Waals surface area contributed by atoms with Crippen molar-refractivity contribution in [2.75, 3.05) is 7.11 Å². The molecule has 0 aliphatic heterocycles. The van der Waals surface area contributed by atoms with Crippen LogP contribution in [0.5, 0.6) is 0 Å². The fourth-order valence-corrected chi connectivity index (χ4v) is 2.28. The van der Waals surface area contributed by atoms with Gasteiger partial charge in [0.25, 0.3) is 5.56 Å². The highest BCUT2D eigenvalue weighted by atomic mass is 127. The summed E-state index contributed by atoms with van der Waals surface area (Å²) in [5.74, 6) is 0.596. The SMILES string of the molecule is COCc1nc(-c2cccc(C)c2C)[nH]c(=O)c1I. The number of H-pyrrole nitrogens is 1. The van der Waals surface area contributed by atoms with Crippen LogP contribution < -0.4 is 5.56 Å². The van der Waals surface area contributed by atoms with Crippen LogP contribution in [0.25, 0.3) is 11.4 Å². The van der Waals surface area contributed by atoms with Crippen LogP contribution in [0.15, 0.2) is 23.0 Å². The van der Waals surface area contributed by atoms with Gasteiger partial charge in [-0.3, -0.25) is 4.79 Å². The smallest absolute Gasteiger partial charge is 0.264 e. The molecule has 0 radical (unpaired) electrons. The molecule has 0 fully saturated rings. The van der Waals surface area contributed by atoms with E-state index in [9.17, 15) is 4.79 Å². The number of nitrogens with zero attached hydrogens (tertiary/aromatic N) is 1. The summed E-state index contributed by atoms with van der Waals surface area (Å²) in [6.45, 7) is 4.40. The third-order valence-electron chi connectivity index (χ3n) is 3.07. The van der Waals surface area contributed by atoms with Crippen molar-refractivity contribution >= 4 is 22.6 Å². The Hall–Kier alpha value is -1.21. The second-order valence-corrected chi connectivity index (χ2v) is 5.43. The molecule has 0 unspecified atom stereocenters. The van der Waals surface area contributed by atoms with Crippen LogP contribution in [0.3, 0.4) is 0 Å². The van der Waals surface area contributed by atoms with Crippen molar-refractivity contribution in [2.24, 2.45) is 0 Å². The second kappa shape index (κ2) is 5.83. The molecule has 2 rings (SSSR count). The van der Waals surface area contributed by atoms with Gasteiger partial charge >= 0.3 is 0 Å². The summed E-state index contributed by atoms with van der Waals surface area (Å²) in [4.78, 5) is 19.3. The number of aryl methyl sites for hydroxylation is 1. The molecule has 4 nitrogen and oxygen atoms in total. The van der Waals surface area contributed by atoms with Crippen LogP contribution in [-0.4, -0.2) is 17.1 Å². The quantitative estimate of drug-likeness (QED) is 0.846. The van der Waals surface area contributed by atoms with Gasteiger partial charge in [0, 0.05) is 12.7 Å². The van der Waals surface area contributed by atoms with Crippen molar-refractivity contribution in [3.8, 4) is 11.4 Å². The summed E-state index contributed by atoms with van der Waals surface area (Å²) >= 11 is 1.99. The third-order valence-corrected chi connectivity index (χ3v) is 4.18. The Bertz CT molecular complexity index is 665. The number of methoxy groups -OCH3 is 1. The number of aromatic amines is 1. The number of rotatable bonds is 3. The standard InChI is InChI=1S/C14H15IN2O2/c1-8-5-4-6-10(9(8)2)13-16-11(7-19-3)12(15)14(18)17-13/h4-6H,7H2,1-3H3,(H,16,17,18). The lowest BCUT2D eigenvalue weighted by Crippen LogP contribution is -2.17. The van der Waals surface area contributed by atoms with Crippen molar-refractivity contribution in [1.29, 1.82) is 0 Å². The Labute approximate surface area is 125 Å². The van der Waals surface area contributed by atoms with Gasteiger partial charge in [-0.05, 0) is 47.6 Å². The lowest BCUT2D eigenvalue weighted by molar-refractivity contribution is 0.180. The molecule has 2 aromatic rings. The number of halogens is 1. The summed E-state index contributed by atoms with van der Waals surface area (Å²) in [6.07, 6.45) is 0. The van der Waals surface area contributed by atoms with E-state index in [0.29, 0.717) is 21.7 Å². The fraction of sp³-hybridized carbons (Fsp3) is 0.286. The van der Waals surface area contributed by atoms with Crippen molar-refractivity contribution in [2.45, 2.75) is 20.5 Å². The number of aromatic nitrogens is 2. The Morgan fingerprint density at radius 1 is 1.37 bits per heavy atom.